The molecule has 144 valence electrons. The zero-order chi connectivity index (χ0) is 19.2. The maximum Gasteiger partial charge on any atom is 0.311 e. The highest BCUT2D eigenvalue weighted by molar-refractivity contribution is 7.88. The molecule has 1 aliphatic rings. The van der Waals surface area contributed by atoms with Crippen LogP contribution in [0.5, 0.6) is 0 Å². The molecule has 0 radical (unpaired) electrons. The van der Waals surface area contributed by atoms with Crippen molar-refractivity contribution >= 4 is 21.9 Å². The zero-order valence-electron chi connectivity index (χ0n) is 15.2. The van der Waals surface area contributed by atoms with Crippen LogP contribution in [-0.4, -0.2) is 56.6 Å². The van der Waals surface area contributed by atoms with Gasteiger partial charge in [-0.3, -0.25) is 9.59 Å². The Balaban J connectivity index is 2.01. The van der Waals surface area contributed by atoms with Crippen LogP contribution in [0.25, 0.3) is 0 Å². The molecule has 1 aromatic rings. The van der Waals surface area contributed by atoms with Gasteiger partial charge >= 0.3 is 5.97 Å². The lowest BCUT2D eigenvalue weighted by Gasteiger charge is -2.23. The molecule has 1 aliphatic heterocycles. The van der Waals surface area contributed by atoms with Gasteiger partial charge in [0.1, 0.15) is 6.04 Å². The topological polar surface area (TPSA) is 92.8 Å². The number of amides is 1. The van der Waals surface area contributed by atoms with Gasteiger partial charge < -0.3 is 10.1 Å². The number of hydrogen-bond donors (Lipinski definition) is 1. The van der Waals surface area contributed by atoms with Crippen LogP contribution in [-0.2, 0) is 30.8 Å². The number of carbonyl (C=O) groups is 2. The zero-order valence-corrected chi connectivity index (χ0v) is 16.0. The van der Waals surface area contributed by atoms with E-state index in [4.69, 9.17) is 4.74 Å². The number of rotatable bonds is 8. The fourth-order valence-corrected chi connectivity index (χ4v) is 4.26. The molecule has 8 heteroatoms. The van der Waals surface area contributed by atoms with Crippen LogP contribution in [0.15, 0.2) is 30.3 Å². The number of nitrogens with zero attached hydrogens (tertiary/aromatic N) is 1. The van der Waals surface area contributed by atoms with Crippen molar-refractivity contribution in [2.24, 2.45) is 5.92 Å². The summed E-state index contributed by atoms with van der Waals surface area (Å²) in [4.78, 5) is 24.7. The number of esters is 1. The average molecular weight is 382 g/mol. The third kappa shape index (κ3) is 5.54. The van der Waals surface area contributed by atoms with Crippen LogP contribution in [0.4, 0.5) is 0 Å². The molecule has 7 nitrogen and oxygen atoms in total. The second-order valence-corrected chi connectivity index (χ2v) is 8.35. The van der Waals surface area contributed by atoms with Gasteiger partial charge in [-0.15, -0.1) is 0 Å². The molecule has 1 amide bonds. The van der Waals surface area contributed by atoms with Crippen molar-refractivity contribution in [2.75, 3.05) is 26.0 Å². The van der Waals surface area contributed by atoms with Crippen molar-refractivity contribution in [1.29, 1.82) is 0 Å². The summed E-state index contributed by atoms with van der Waals surface area (Å²) in [7, 11) is -3.43. The lowest BCUT2D eigenvalue weighted by atomic mass is 9.99. The van der Waals surface area contributed by atoms with Gasteiger partial charge in [-0.2, -0.15) is 4.31 Å². The monoisotopic (exact) mass is 382 g/mol. The van der Waals surface area contributed by atoms with Crippen molar-refractivity contribution < 1.29 is 22.7 Å². The first kappa shape index (κ1) is 20.4. The molecule has 0 bridgehead atoms. The molecule has 0 saturated carbocycles. The van der Waals surface area contributed by atoms with Gasteiger partial charge in [0.2, 0.25) is 15.9 Å². The number of ether oxygens (including phenoxy) is 1. The van der Waals surface area contributed by atoms with Crippen molar-refractivity contribution in [2.45, 2.75) is 32.2 Å². The summed E-state index contributed by atoms with van der Waals surface area (Å²) in [6, 6.07) is 8.79. The Bertz CT molecular complexity index is 720. The molecule has 0 aliphatic carbocycles. The molecule has 0 aromatic heterocycles. The summed E-state index contributed by atoms with van der Waals surface area (Å²) >= 11 is 0. The number of hydrogen-bond acceptors (Lipinski definition) is 5. The Morgan fingerprint density at radius 1 is 1.31 bits per heavy atom. The summed E-state index contributed by atoms with van der Waals surface area (Å²) < 4.78 is 29.9. The number of sulfonamides is 1. The Labute approximate surface area is 154 Å². The molecular formula is C18H26N2O5S. The average Bonchev–Trinajstić information content (AvgIpc) is 3.09. The number of nitrogens with one attached hydrogen (secondary N) is 1. The van der Waals surface area contributed by atoms with Crippen LogP contribution in [0.3, 0.4) is 0 Å². The molecule has 0 spiro atoms. The van der Waals surface area contributed by atoms with Gasteiger partial charge in [0.25, 0.3) is 0 Å². The van der Waals surface area contributed by atoms with Crippen LogP contribution in [0.2, 0.25) is 0 Å². The Morgan fingerprint density at radius 3 is 2.62 bits per heavy atom. The minimum absolute atomic E-state index is 0.112. The van der Waals surface area contributed by atoms with E-state index < -0.39 is 22.0 Å². The normalized spacial score (nSPS) is 19.1. The van der Waals surface area contributed by atoms with Crippen LogP contribution >= 0.6 is 0 Å². The number of benzene rings is 1. The quantitative estimate of drug-likeness (QED) is 0.676. The molecule has 2 atom stereocenters. The van der Waals surface area contributed by atoms with Gasteiger partial charge in [0, 0.05) is 13.1 Å². The molecule has 1 N–H and O–H groups in total. The van der Waals surface area contributed by atoms with Gasteiger partial charge in [-0.05, 0) is 31.7 Å². The first-order valence-electron chi connectivity index (χ1n) is 8.78. The smallest absolute Gasteiger partial charge is 0.311 e. The largest absolute Gasteiger partial charge is 0.466 e. The summed E-state index contributed by atoms with van der Waals surface area (Å²) in [6.45, 7) is 2.46. The van der Waals surface area contributed by atoms with Gasteiger partial charge in [-0.1, -0.05) is 30.3 Å². The fourth-order valence-electron chi connectivity index (χ4n) is 3.14. The molecule has 1 heterocycles. The molecule has 1 fully saturated rings. The number of carbonyl (C=O) groups excluding carboxylic acids is 2. The fraction of sp³-hybridized carbons (Fsp3) is 0.556. The highest BCUT2D eigenvalue weighted by Crippen LogP contribution is 2.20. The third-order valence-corrected chi connectivity index (χ3v) is 5.69. The van der Waals surface area contributed by atoms with E-state index in [0.717, 1.165) is 11.8 Å². The summed E-state index contributed by atoms with van der Waals surface area (Å²) in [6.07, 6.45) is 2.69. The lowest BCUT2D eigenvalue weighted by Crippen LogP contribution is -2.47. The first-order valence-corrected chi connectivity index (χ1v) is 10.6. The molecule has 2 unspecified atom stereocenters. The maximum absolute atomic E-state index is 12.5. The molecular weight excluding hydrogens is 356 g/mol. The SMILES string of the molecule is CCOC(=O)C(CNC(=O)C1CCCN1S(C)(=O)=O)Cc1ccccc1. The van der Waals surface area contributed by atoms with E-state index in [2.05, 4.69) is 5.32 Å². The van der Waals surface area contributed by atoms with Crippen LogP contribution < -0.4 is 5.32 Å². The minimum Gasteiger partial charge on any atom is -0.466 e. The van der Waals surface area contributed by atoms with E-state index in [0.29, 0.717) is 25.8 Å². The predicted octanol–water partition coefficient (Wildman–Crippen LogP) is 0.949. The minimum atomic E-state index is -3.43. The van der Waals surface area contributed by atoms with Gasteiger partial charge in [0.15, 0.2) is 0 Å². The van der Waals surface area contributed by atoms with Crippen LogP contribution in [0, 0.1) is 5.92 Å². The van der Waals surface area contributed by atoms with E-state index in [1.165, 1.54) is 4.31 Å². The van der Waals surface area contributed by atoms with Gasteiger partial charge in [-0.25, -0.2) is 8.42 Å². The van der Waals surface area contributed by atoms with Gasteiger partial charge in [0.05, 0.1) is 18.8 Å². The van der Waals surface area contributed by atoms with E-state index in [1.807, 2.05) is 30.3 Å². The molecule has 2 rings (SSSR count). The molecule has 1 aromatic carbocycles. The van der Waals surface area contributed by atoms with E-state index >= 15 is 0 Å². The lowest BCUT2D eigenvalue weighted by molar-refractivity contribution is -0.147. The maximum atomic E-state index is 12.5. The molecule has 26 heavy (non-hydrogen) atoms. The summed E-state index contributed by atoms with van der Waals surface area (Å²) in [5.74, 6) is -1.26. The third-order valence-electron chi connectivity index (χ3n) is 4.40. The van der Waals surface area contributed by atoms with Crippen molar-refractivity contribution in [3.05, 3.63) is 35.9 Å². The highest BCUT2D eigenvalue weighted by atomic mass is 32.2. The van der Waals surface area contributed by atoms with E-state index in [1.54, 1.807) is 6.92 Å². The first-order chi connectivity index (χ1) is 12.3. The van der Waals surface area contributed by atoms with Crippen molar-refractivity contribution in [1.82, 2.24) is 9.62 Å². The highest BCUT2D eigenvalue weighted by Gasteiger charge is 2.36. The predicted molar refractivity (Wildman–Crippen MR) is 97.9 cm³/mol. The summed E-state index contributed by atoms with van der Waals surface area (Å²) in [5.41, 5.74) is 0.971. The van der Waals surface area contributed by atoms with Crippen molar-refractivity contribution in [3.8, 4) is 0 Å². The van der Waals surface area contributed by atoms with E-state index in [9.17, 15) is 18.0 Å². The Hall–Kier alpha value is -1.93. The van der Waals surface area contributed by atoms with Crippen molar-refractivity contribution in [3.63, 3.8) is 0 Å². The Kier molecular flexibility index (Phi) is 7.16. The van der Waals surface area contributed by atoms with Crippen LogP contribution in [0.1, 0.15) is 25.3 Å². The summed E-state index contributed by atoms with van der Waals surface area (Å²) in [5, 5.41) is 2.74. The second kappa shape index (κ2) is 9.14. The molecule has 1 saturated heterocycles. The second-order valence-electron chi connectivity index (χ2n) is 6.42. The standard InChI is InChI=1S/C18H26N2O5S/c1-3-25-18(22)15(12-14-8-5-4-6-9-14)13-19-17(21)16-10-7-11-20(16)26(2,23)24/h4-6,8-9,15-16H,3,7,10-13H2,1-2H3,(H,19,21). The Morgan fingerprint density at radius 2 is 2.00 bits per heavy atom. The van der Waals surface area contributed by atoms with E-state index in [-0.39, 0.29) is 25.0 Å².